The second kappa shape index (κ2) is 8.21. The van der Waals surface area contributed by atoms with Crippen molar-refractivity contribution in [2.24, 2.45) is 0 Å². The van der Waals surface area contributed by atoms with Crippen LogP contribution < -0.4 is 10.6 Å². The third kappa shape index (κ3) is 5.03. The molecule has 0 saturated carbocycles. The maximum absolute atomic E-state index is 12.1. The van der Waals surface area contributed by atoms with Crippen LogP contribution in [0, 0.1) is 10.1 Å². The lowest BCUT2D eigenvalue weighted by Crippen LogP contribution is -2.33. The molecule has 1 rings (SSSR count). The smallest absolute Gasteiger partial charge is 0.293 e. The number of carbonyl (C=O) groups excluding carboxylic acids is 1. The summed E-state index contributed by atoms with van der Waals surface area (Å²) in [7, 11) is 1.59. The van der Waals surface area contributed by atoms with Crippen molar-refractivity contribution in [3.63, 3.8) is 0 Å². The molecule has 0 aliphatic heterocycles. The Bertz CT molecular complexity index is 505. The molecule has 0 spiro atoms. The van der Waals surface area contributed by atoms with Crippen LogP contribution in [0.4, 0.5) is 11.4 Å². The summed E-state index contributed by atoms with van der Waals surface area (Å²) in [4.78, 5) is 22.6. The topological polar surface area (TPSA) is 93.5 Å². The number of nitro benzene ring substituents is 1. The maximum Gasteiger partial charge on any atom is 0.293 e. The molecule has 1 amide bonds. The lowest BCUT2D eigenvalue weighted by molar-refractivity contribution is -0.384. The third-order valence-corrected chi connectivity index (χ3v) is 2.96. The normalized spacial score (nSPS) is 11.8. The largest absolute Gasteiger partial charge is 0.385 e. The Labute approximate surface area is 123 Å². The van der Waals surface area contributed by atoms with Gasteiger partial charge in [0.05, 0.1) is 4.92 Å². The first-order valence-corrected chi connectivity index (χ1v) is 6.81. The summed E-state index contributed by atoms with van der Waals surface area (Å²) in [5, 5.41) is 16.7. The average Bonchev–Trinajstić information content (AvgIpc) is 2.45. The lowest BCUT2D eigenvalue weighted by Gasteiger charge is -2.13. The zero-order valence-electron chi connectivity index (χ0n) is 12.5. The van der Waals surface area contributed by atoms with E-state index in [-0.39, 0.29) is 23.2 Å². The Balaban J connectivity index is 2.85. The molecule has 0 aliphatic rings. The van der Waals surface area contributed by atoms with Crippen molar-refractivity contribution in [1.29, 1.82) is 0 Å². The van der Waals surface area contributed by atoms with Gasteiger partial charge < -0.3 is 15.4 Å². The molecular weight excluding hydrogens is 274 g/mol. The van der Waals surface area contributed by atoms with Crippen LogP contribution in [0.3, 0.4) is 0 Å². The Morgan fingerprint density at radius 3 is 2.76 bits per heavy atom. The van der Waals surface area contributed by atoms with Gasteiger partial charge in [-0.1, -0.05) is 0 Å². The van der Waals surface area contributed by atoms with Crippen LogP contribution in [0.1, 0.15) is 30.6 Å². The number of nitro groups is 1. The average molecular weight is 295 g/mol. The van der Waals surface area contributed by atoms with E-state index in [4.69, 9.17) is 4.74 Å². The molecule has 7 heteroatoms. The van der Waals surface area contributed by atoms with Crippen molar-refractivity contribution in [3.05, 3.63) is 33.9 Å². The van der Waals surface area contributed by atoms with E-state index in [1.807, 2.05) is 13.8 Å². The molecule has 0 aromatic heterocycles. The number of benzene rings is 1. The molecule has 0 bridgehead atoms. The van der Waals surface area contributed by atoms with Crippen LogP contribution in [0.5, 0.6) is 0 Å². The van der Waals surface area contributed by atoms with E-state index < -0.39 is 4.92 Å². The quantitative estimate of drug-likeness (QED) is 0.566. The highest BCUT2D eigenvalue weighted by molar-refractivity contribution is 5.95. The second-order valence-electron chi connectivity index (χ2n) is 4.68. The van der Waals surface area contributed by atoms with E-state index in [1.165, 1.54) is 6.07 Å². The van der Waals surface area contributed by atoms with Gasteiger partial charge in [-0.3, -0.25) is 14.9 Å². The van der Waals surface area contributed by atoms with Crippen molar-refractivity contribution >= 4 is 17.3 Å². The monoisotopic (exact) mass is 295 g/mol. The van der Waals surface area contributed by atoms with Gasteiger partial charge in [0.1, 0.15) is 5.69 Å². The molecule has 21 heavy (non-hydrogen) atoms. The third-order valence-electron chi connectivity index (χ3n) is 2.96. The zero-order chi connectivity index (χ0) is 15.8. The number of amides is 1. The van der Waals surface area contributed by atoms with Gasteiger partial charge >= 0.3 is 0 Å². The minimum absolute atomic E-state index is 0.0649. The minimum atomic E-state index is -0.497. The Kier molecular flexibility index (Phi) is 6.61. The fourth-order valence-corrected chi connectivity index (χ4v) is 1.84. The maximum atomic E-state index is 12.1. The number of methoxy groups -OCH3 is 1. The minimum Gasteiger partial charge on any atom is -0.385 e. The zero-order valence-corrected chi connectivity index (χ0v) is 12.5. The summed E-state index contributed by atoms with van der Waals surface area (Å²) in [6, 6.07) is 4.35. The first-order chi connectivity index (χ1) is 9.99. The summed E-state index contributed by atoms with van der Waals surface area (Å²) in [6.45, 7) is 4.82. The van der Waals surface area contributed by atoms with Gasteiger partial charge in [-0.25, -0.2) is 0 Å². The summed E-state index contributed by atoms with van der Waals surface area (Å²) in [5.41, 5.74) is 0.577. The molecule has 116 valence electrons. The molecule has 1 aromatic carbocycles. The number of rotatable bonds is 8. The van der Waals surface area contributed by atoms with E-state index >= 15 is 0 Å². The molecule has 7 nitrogen and oxygen atoms in total. The number of nitrogens with one attached hydrogen (secondary N) is 2. The predicted octanol–water partition coefficient (Wildman–Crippen LogP) is 2.18. The number of anilines is 1. The molecule has 1 unspecified atom stereocenters. The molecular formula is C14H21N3O4. The Morgan fingerprint density at radius 1 is 1.48 bits per heavy atom. The van der Waals surface area contributed by atoms with Crippen LogP contribution in [0.2, 0.25) is 0 Å². The van der Waals surface area contributed by atoms with Crippen molar-refractivity contribution in [2.75, 3.05) is 25.6 Å². The van der Waals surface area contributed by atoms with E-state index in [1.54, 1.807) is 19.2 Å². The summed E-state index contributed by atoms with van der Waals surface area (Å²) < 4.78 is 4.94. The van der Waals surface area contributed by atoms with Crippen LogP contribution in [-0.2, 0) is 4.74 Å². The molecule has 0 radical (unpaired) electrons. The van der Waals surface area contributed by atoms with Gasteiger partial charge in [-0.05, 0) is 32.4 Å². The Morgan fingerprint density at radius 2 is 2.19 bits per heavy atom. The van der Waals surface area contributed by atoms with Crippen molar-refractivity contribution in [3.8, 4) is 0 Å². The van der Waals surface area contributed by atoms with E-state index in [0.717, 1.165) is 0 Å². The number of carbonyl (C=O) groups is 1. The SMILES string of the molecule is CCNc1ccc(C(=O)NC(C)CCOC)cc1[N+](=O)[O-]. The molecule has 2 N–H and O–H groups in total. The van der Waals surface area contributed by atoms with Crippen LogP contribution in [0.15, 0.2) is 18.2 Å². The molecule has 0 saturated heterocycles. The fourth-order valence-electron chi connectivity index (χ4n) is 1.84. The van der Waals surface area contributed by atoms with Gasteiger partial charge in [0.2, 0.25) is 0 Å². The number of nitrogens with zero attached hydrogens (tertiary/aromatic N) is 1. The summed E-state index contributed by atoms with van der Waals surface area (Å²) in [5.74, 6) is -0.329. The molecule has 0 heterocycles. The van der Waals surface area contributed by atoms with Gasteiger partial charge in [0.25, 0.3) is 11.6 Å². The van der Waals surface area contributed by atoms with E-state index in [0.29, 0.717) is 25.3 Å². The second-order valence-corrected chi connectivity index (χ2v) is 4.68. The van der Waals surface area contributed by atoms with Crippen molar-refractivity contribution < 1.29 is 14.5 Å². The number of hydrogen-bond donors (Lipinski definition) is 2. The first-order valence-electron chi connectivity index (χ1n) is 6.81. The summed E-state index contributed by atoms with van der Waals surface area (Å²) in [6.07, 6.45) is 0.680. The predicted molar refractivity (Wildman–Crippen MR) is 80.7 cm³/mol. The summed E-state index contributed by atoms with van der Waals surface area (Å²) >= 11 is 0. The highest BCUT2D eigenvalue weighted by Gasteiger charge is 2.18. The van der Waals surface area contributed by atoms with Crippen LogP contribution in [0.25, 0.3) is 0 Å². The van der Waals surface area contributed by atoms with Gasteiger partial charge in [-0.15, -0.1) is 0 Å². The number of ether oxygens (including phenoxy) is 1. The van der Waals surface area contributed by atoms with Gasteiger partial charge in [-0.2, -0.15) is 0 Å². The van der Waals surface area contributed by atoms with Crippen molar-refractivity contribution in [1.82, 2.24) is 5.32 Å². The highest BCUT2D eigenvalue weighted by Crippen LogP contribution is 2.25. The fraction of sp³-hybridized carbons (Fsp3) is 0.500. The van der Waals surface area contributed by atoms with Crippen LogP contribution >= 0.6 is 0 Å². The van der Waals surface area contributed by atoms with Crippen LogP contribution in [-0.4, -0.2) is 37.1 Å². The molecule has 0 aliphatic carbocycles. The standard InChI is InChI=1S/C14H21N3O4/c1-4-15-12-6-5-11(9-13(12)17(19)20)14(18)16-10(2)7-8-21-3/h5-6,9-10,15H,4,7-8H2,1-3H3,(H,16,18). The number of hydrogen-bond acceptors (Lipinski definition) is 5. The first kappa shape index (κ1) is 16.9. The van der Waals surface area contributed by atoms with E-state index in [9.17, 15) is 14.9 Å². The molecule has 1 atom stereocenters. The van der Waals surface area contributed by atoms with Crippen molar-refractivity contribution in [2.45, 2.75) is 26.3 Å². The molecule has 0 fully saturated rings. The highest BCUT2D eigenvalue weighted by atomic mass is 16.6. The van der Waals surface area contributed by atoms with E-state index in [2.05, 4.69) is 10.6 Å². The molecule has 1 aromatic rings. The lowest BCUT2D eigenvalue weighted by atomic mass is 10.1. The van der Waals surface area contributed by atoms with Gasteiger partial charge in [0.15, 0.2) is 0 Å². The van der Waals surface area contributed by atoms with Gasteiger partial charge in [0, 0.05) is 37.9 Å². The Hall–Kier alpha value is -2.15.